The fraction of sp³-hybridized carbons (Fsp3) is 0.500. The van der Waals surface area contributed by atoms with Gasteiger partial charge in [-0.3, -0.25) is 0 Å². The third-order valence-electron chi connectivity index (χ3n) is 3.36. The van der Waals surface area contributed by atoms with Gasteiger partial charge in [-0.05, 0) is 6.07 Å². The topological polar surface area (TPSA) is 122 Å². The Morgan fingerprint density at radius 3 is 2.14 bits per heavy atom. The number of hydrogen-bond acceptors (Lipinski definition) is 7. The van der Waals surface area contributed by atoms with Gasteiger partial charge in [-0.1, -0.05) is 0 Å². The van der Waals surface area contributed by atoms with Gasteiger partial charge < -0.3 is 25.4 Å². The predicted octanol–water partition coefficient (Wildman–Crippen LogP) is -0.988. The first-order valence-corrected chi connectivity index (χ1v) is 7.63. The maximum absolute atomic E-state index is 12.6. The van der Waals surface area contributed by atoms with Crippen molar-refractivity contribution in [1.82, 2.24) is 4.31 Å². The van der Waals surface area contributed by atoms with Gasteiger partial charge in [0, 0.05) is 19.2 Å². The van der Waals surface area contributed by atoms with Crippen LogP contribution in [0, 0.1) is 0 Å². The number of aliphatic hydroxyl groups is 2. The third-order valence-corrected chi connectivity index (χ3v) is 5.21. The zero-order chi connectivity index (χ0) is 15.8. The maximum Gasteiger partial charge on any atom is 0.247 e. The number of nitrogen functional groups attached to an aromatic ring is 1. The summed E-state index contributed by atoms with van der Waals surface area (Å²) in [5.74, 6) is 0.379. The molecule has 1 aliphatic heterocycles. The van der Waals surface area contributed by atoms with Crippen molar-refractivity contribution >= 4 is 15.7 Å². The van der Waals surface area contributed by atoms with Crippen LogP contribution < -0.4 is 15.2 Å². The molecule has 1 aromatic rings. The normalized spacial score (nSPS) is 23.2. The largest absolute Gasteiger partial charge is 0.495 e. The molecule has 0 saturated carbocycles. The van der Waals surface area contributed by atoms with Crippen LogP contribution >= 0.6 is 0 Å². The lowest BCUT2D eigenvalue weighted by atomic mass is 10.3. The predicted molar refractivity (Wildman–Crippen MR) is 74.7 cm³/mol. The molecule has 0 aliphatic carbocycles. The molecule has 4 N–H and O–H groups in total. The number of nitrogens with zero attached hydrogens (tertiary/aromatic N) is 1. The highest BCUT2D eigenvalue weighted by molar-refractivity contribution is 7.89. The van der Waals surface area contributed by atoms with Crippen molar-refractivity contribution in [2.45, 2.75) is 17.1 Å². The van der Waals surface area contributed by atoms with E-state index in [4.69, 9.17) is 15.2 Å². The van der Waals surface area contributed by atoms with Gasteiger partial charge in [-0.2, -0.15) is 4.31 Å². The molecule has 2 atom stereocenters. The quantitative estimate of drug-likeness (QED) is 0.609. The Hall–Kier alpha value is -1.55. The van der Waals surface area contributed by atoms with Crippen molar-refractivity contribution in [2.24, 2.45) is 0 Å². The summed E-state index contributed by atoms with van der Waals surface area (Å²) in [7, 11) is -1.20. The molecule has 1 aliphatic rings. The number of aliphatic hydroxyl groups excluding tert-OH is 2. The molecule has 0 spiro atoms. The van der Waals surface area contributed by atoms with E-state index in [9.17, 15) is 18.6 Å². The van der Waals surface area contributed by atoms with Crippen LogP contribution in [-0.4, -0.2) is 62.5 Å². The minimum atomic E-state index is -3.94. The molecule has 0 bridgehead atoms. The van der Waals surface area contributed by atoms with Gasteiger partial charge in [0.25, 0.3) is 0 Å². The second-order valence-electron chi connectivity index (χ2n) is 4.70. The number of anilines is 1. The van der Waals surface area contributed by atoms with E-state index in [-0.39, 0.29) is 29.4 Å². The molecule has 1 aromatic carbocycles. The van der Waals surface area contributed by atoms with Crippen molar-refractivity contribution in [3.8, 4) is 11.5 Å². The summed E-state index contributed by atoms with van der Waals surface area (Å²) in [4.78, 5) is -0.135. The third kappa shape index (κ3) is 2.77. The average molecular weight is 318 g/mol. The van der Waals surface area contributed by atoms with Gasteiger partial charge in [0.1, 0.15) is 16.4 Å². The molecule has 1 heterocycles. The summed E-state index contributed by atoms with van der Waals surface area (Å²) in [5, 5.41) is 19.0. The van der Waals surface area contributed by atoms with Crippen LogP contribution in [0.5, 0.6) is 11.5 Å². The molecule has 0 radical (unpaired) electrons. The fourth-order valence-electron chi connectivity index (χ4n) is 2.17. The molecule has 1 fully saturated rings. The Balaban J connectivity index is 2.47. The molecule has 9 heteroatoms. The molecule has 0 aromatic heterocycles. The Bertz CT molecular complexity index is 623. The van der Waals surface area contributed by atoms with Crippen molar-refractivity contribution in [3.05, 3.63) is 12.1 Å². The SMILES string of the molecule is COc1cc(OC)c(S(=O)(=O)N2C[C@@H](O)[C@@H](O)C2)cc1N. The van der Waals surface area contributed by atoms with E-state index in [0.29, 0.717) is 5.75 Å². The fourth-order valence-corrected chi connectivity index (χ4v) is 3.81. The Labute approximate surface area is 122 Å². The first kappa shape index (κ1) is 15.8. The summed E-state index contributed by atoms with van der Waals surface area (Å²) >= 11 is 0. The van der Waals surface area contributed by atoms with Crippen LogP contribution in [-0.2, 0) is 10.0 Å². The molecule has 8 nitrogen and oxygen atoms in total. The van der Waals surface area contributed by atoms with E-state index in [1.54, 1.807) is 0 Å². The van der Waals surface area contributed by atoms with E-state index in [2.05, 4.69) is 0 Å². The lowest BCUT2D eigenvalue weighted by Gasteiger charge is -2.19. The summed E-state index contributed by atoms with van der Waals surface area (Å²) in [5.41, 5.74) is 5.89. The molecule has 21 heavy (non-hydrogen) atoms. The minimum Gasteiger partial charge on any atom is -0.495 e. The number of hydrogen-bond donors (Lipinski definition) is 3. The summed E-state index contributed by atoms with van der Waals surface area (Å²) in [6.45, 7) is -0.364. The zero-order valence-corrected chi connectivity index (χ0v) is 12.5. The highest BCUT2D eigenvalue weighted by Crippen LogP contribution is 2.36. The summed E-state index contributed by atoms with van der Waals surface area (Å²) < 4.78 is 36.3. The molecular formula is C12H18N2O6S. The van der Waals surface area contributed by atoms with Gasteiger partial charge in [0.05, 0.1) is 32.1 Å². The van der Waals surface area contributed by atoms with Crippen LogP contribution in [0.15, 0.2) is 17.0 Å². The second kappa shape index (κ2) is 5.68. The van der Waals surface area contributed by atoms with Crippen molar-refractivity contribution in [1.29, 1.82) is 0 Å². The highest BCUT2D eigenvalue weighted by atomic mass is 32.2. The lowest BCUT2D eigenvalue weighted by Crippen LogP contribution is -2.30. The first-order chi connectivity index (χ1) is 9.81. The van der Waals surface area contributed by atoms with E-state index in [1.807, 2.05) is 0 Å². The standard InChI is InChI=1S/C12H18N2O6S/c1-19-10-4-11(20-2)12(3-7(10)13)21(17,18)14-5-8(15)9(16)6-14/h3-4,8-9,15-16H,5-6,13H2,1-2H3/t8-,9+. The van der Waals surface area contributed by atoms with E-state index >= 15 is 0 Å². The van der Waals surface area contributed by atoms with Crippen LogP contribution in [0.3, 0.4) is 0 Å². The van der Waals surface area contributed by atoms with Crippen molar-refractivity contribution in [3.63, 3.8) is 0 Å². The number of methoxy groups -OCH3 is 2. The number of rotatable bonds is 4. The van der Waals surface area contributed by atoms with Crippen LogP contribution in [0.1, 0.15) is 0 Å². The number of β-amino-alcohol motifs (C(OH)–C–C–N with tert-alkyl or cyclic N) is 2. The van der Waals surface area contributed by atoms with E-state index in [0.717, 1.165) is 4.31 Å². The molecule has 118 valence electrons. The molecule has 0 unspecified atom stereocenters. The monoisotopic (exact) mass is 318 g/mol. The smallest absolute Gasteiger partial charge is 0.247 e. The number of benzene rings is 1. The van der Waals surface area contributed by atoms with Gasteiger partial charge >= 0.3 is 0 Å². The average Bonchev–Trinajstić information content (AvgIpc) is 2.79. The van der Waals surface area contributed by atoms with Crippen molar-refractivity contribution in [2.75, 3.05) is 33.0 Å². The zero-order valence-electron chi connectivity index (χ0n) is 11.7. The number of ether oxygens (including phenoxy) is 2. The van der Waals surface area contributed by atoms with Gasteiger partial charge in [-0.25, -0.2) is 8.42 Å². The Morgan fingerprint density at radius 1 is 1.14 bits per heavy atom. The first-order valence-electron chi connectivity index (χ1n) is 6.19. The molecule has 0 amide bonds. The number of nitrogens with two attached hydrogens (primary N) is 1. The maximum atomic E-state index is 12.6. The van der Waals surface area contributed by atoms with E-state index < -0.39 is 22.2 Å². The minimum absolute atomic E-state index is 0.0805. The Morgan fingerprint density at radius 2 is 1.67 bits per heavy atom. The lowest BCUT2D eigenvalue weighted by molar-refractivity contribution is 0.0572. The van der Waals surface area contributed by atoms with Crippen LogP contribution in [0.25, 0.3) is 0 Å². The Kier molecular flexibility index (Phi) is 4.28. The molecular weight excluding hydrogens is 300 g/mol. The second-order valence-corrected chi connectivity index (χ2v) is 6.61. The molecule has 2 rings (SSSR count). The number of sulfonamides is 1. The summed E-state index contributed by atoms with van der Waals surface area (Å²) in [6, 6.07) is 2.62. The van der Waals surface area contributed by atoms with Crippen molar-refractivity contribution < 1.29 is 28.1 Å². The summed E-state index contributed by atoms with van der Waals surface area (Å²) in [6.07, 6.45) is -2.22. The van der Waals surface area contributed by atoms with Gasteiger partial charge in [0.2, 0.25) is 10.0 Å². The van der Waals surface area contributed by atoms with E-state index in [1.165, 1.54) is 26.4 Å². The van der Waals surface area contributed by atoms with Crippen LogP contribution in [0.4, 0.5) is 5.69 Å². The van der Waals surface area contributed by atoms with Gasteiger partial charge in [-0.15, -0.1) is 0 Å². The van der Waals surface area contributed by atoms with Gasteiger partial charge in [0.15, 0.2) is 0 Å². The highest BCUT2D eigenvalue weighted by Gasteiger charge is 2.39. The van der Waals surface area contributed by atoms with Crippen LogP contribution in [0.2, 0.25) is 0 Å². The molecule has 1 saturated heterocycles.